The Labute approximate surface area is 165 Å². The first-order valence-corrected chi connectivity index (χ1v) is 10.5. The molecule has 27 heavy (non-hydrogen) atoms. The predicted octanol–water partition coefficient (Wildman–Crippen LogP) is 3.84. The first kappa shape index (κ1) is 18.5. The van der Waals surface area contributed by atoms with E-state index in [1.807, 2.05) is 29.2 Å². The standard InChI is InChI=1S/C22H27ClN2O2/c23-19-9-7-18(8-10-19)22(11-12-22)21(27)24-14-16-4-3-13-25(15-16)20(26)17-5-1-2-6-17/h5,7-10,16H,1-4,6,11-15H2,(H,24,27). The summed E-state index contributed by atoms with van der Waals surface area (Å²) in [6.07, 6.45) is 9.01. The fourth-order valence-corrected chi connectivity index (χ4v) is 4.56. The molecule has 0 radical (unpaired) electrons. The molecule has 1 aliphatic heterocycles. The molecule has 1 atom stereocenters. The summed E-state index contributed by atoms with van der Waals surface area (Å²) in [6.45, 7) is 2.25. The summed E-state index contributed by atoms with van der Waals surface area (Å²) in [4.78, 5) is 27.5. The Morgan fingerprint density at radius 1 is 1.19 bits per heavy atom. The second-order valence-electron chi connectivity index (χ2n) is 8.18. The van der Waals surface area contributed by atoms with E-state index in [1.54, 1.807) is 0 Å². The maximum absolute atomic E-state index is 12.8. The molecule has 2 aliphatic carbocycles. The molecule has 1 saturated carbocycles. The molecule has 4 rings (SSSR count). The number of amides is 2. The summed E-state index contributed by atoms with van der Waals surface area (Å²) in [5, 5.41) is 3.87. The van der Waals surface area contributed by atoms with Crippen LogP contribution in [0.1, 0.15) is 50.5 Å². The average molecular weight is 387 g/mol. The lowest BCUT2D eigenvalue weighted by molar-refractivity contribution is -0.129. The molecular weight excluding hydrogens is 360 g/mol. The molecule has 1 unspecified atom stereocenters. The van der Waals surface area contributed by atoms with Gasteiger partial charge in [-0.05, 0) is 68.6 Å². The van der Waals surface area contributed by atoms with Crippen molar-refractivity contribution < 1.29 is 9.59 Å². The Kier molecular flexibility index (Phi) is 5.27. The van der Waals surface area contributed by atoms with Crippen molar-refractivity contribution in [1.82, 2.24) is 10.2 Å². The van der Waals surface area contributed by atoms with Gasteiger partial charge >= 0.3 is 0 Å². The van der Waals surface area contributed by atoms with E-state index in [1.165, 1.54) is 0 Å². The topological polar surface area (TPSA) is 49.4 Å². The van der Waals surface area contributed by atoms with Crippen LogP contribution in [0.4, 0.5) is 0 Å². The van der Waals surface area contributed by atoms with Crippen LogP contribution in [0.2, 0.25) is 5.02 Å². The van der Waals surface area contributed by atoms with Gasteiger partial charge in [0.05, 0.1) is 5.41 Å². The van der Waals surface area contributed by atoms with Gasteiger partial charge in [0.2, 0.25) is 11.8 Å². The predicted molar refractivity (Wildman–Crippen MR) is 107 cm³/mol. The summed E-state index contributed by atoms with van der Waals surface area (Å²) in [6, 6.07) is 7.63. The second kappa shape index (κ2) is 7.67. The highest BCUT2D eigenvalue weighted by atomic mass is 35.5. The molecule has 3 aliphatic rings. The molecule has 0 spiro atoms. The van der Waals surface area contributed by atoms with Gasteiger partial charge in [-0.25, -0.2) is 0 Å². The molecule has 144 valence electrons. The zero-order chi connectivity index (χ0) is 18.9. The fraction of sp³-hybridized carbons (Fsp3) is 0.545. The van der Waals surface area contributed by atoms with Crippen LogP contribution < -0.4 is 5.32 Å². The van der Waals surface area contributed by atoms with Gasteiger partial charge in [0.15, 0.2) is 0 Å². The smallest absolute Gasteiger partial charge is 0.249 e. The SMILES string of the molecule is O=C(C1=CCCC1)N1CCCC(CNC(=O)C2(c3ccc(Cl)cc3)CC2)C1. The number of halogens is 1. The van der Waals surface area contributed by atoms with Crippen molar-refractivity contribution in [3.8, 4) is 0 Å². The number of allylic oxidation sites excluding steroid dienone is 1. The second-order valence-corrected chi connectivity index (χ2v) is 8.62. The highest BCUT2D eigenvalue weighted by Gasteiger charge is 2.51. The van der Waals surface area contributed by atoms with E-state index in [2.05, 4.69) is 11.4 Å². The van der Waals surface area contributed by atoms with Crippen LogP contribution in [0.5, 0.6) is 0 Å². The maximum Gasteiger partial charge on any atom is 0.249 e. The molecule has 2 fully saturated rings. The first-order valence-electron chi connectivity index (χ1n) is 10.1. The zero-order valence-electron chi connectivity index (χ0n) is 15.7. The Morgan fingerprint density at radius 3 is 2.63 bits per heavy atom. The van der Waals surface area contributed by atoms with E-state index < -0.39 is 0 Å². The molecule has 1 N–H and O–H groups in total. The number of carbonyl (C=O) groups is 2. The van der Waals surface area contributed by atoms with Crippen molar-refractivity contribution in [2.24, 2.45) is 5.92 Å². The minimum atomic E-state index is -0.372. The highest BCUT2D eigenvalue weighted by molar-refractivity contribution is 6.30. The van der Waals surface area contributed by atoms with Crippen molar-refractivity contribution in [1.29, 1.82) is 0 Å². The number of carbonyl (C=O) groups excluding carboxylic acids is 2. The van der Waals surface area contributed by atoms with Crippen molar-refractivity contribution in [2.45, 2.75) is 50.4 Å². The molecule has 0 aromatic heterocycles. The van der Waals surface area contributed by atoms with Gasteiger partial charge in [-0.15, -0.1) is 0 Å². The number of benzene rings is 1. The molecule has 1 aromatic rings. The first-order chi connectivity index (χ1) is 13.1. The molecule has 2 amide bonds. The third-order valence-electron chi connectivity index (χ3n) is 6.25. The van der Waals surface area contributed by atoms with E-state index in [9.17, 15) is 9.59 Å². The Balaban J connectivity index is 1.32. The zero-order valence-corrected chi connectivity index (χ0v) is 16.4. The highest BCUT2D eigenvalue weighted by Crippen LogP contribution is 2.48. The van der Waals surface area contributed by atoms with Crippen LogP contribution in [0.15, 0.2) is 35.9 Å². The normalized spacial score (nSPS) is 23.7. The van der Waals surface area contributed by atoms with Gasteiger partial charge in [0.25, 0.3) is 0 Å². The summed E-state index contributed by atoms with van der Waals surface area (Å²) < 4.78 is 0. The van der Waals surface area contributed by atoms with E-state index in [0.717, 1.165) is 69.2 Å². The van der Waals surface area contributed by atoms with E-state index in [-0.39, 0.29) is 17.2 Å². The van der Waals surface area contributed by atoms with E-state index >= 15 is 0 Å². The molecule has 1 heterocycles. The van der Waals surface area contributed by atoms with Crippen LogP contribution >= 0.6 is 11.6 Å². The van der Waals surface area contributed by atoms with Crippen LogP contribution in [-0.2, 0) is 15.0 Å². The molecule has 1 aromatic carbocycles. The minimum absolute atomic E-state index is 0.117. The number of piperidine rings is 1. The molecular formula is C22H27ClN2O2. The molecule has 4 nitrogen and oxygen atoms in total. The Hall–Kier alpha value is -1.81. The third kappa shape index (κ3) is 3.91. The number of hydrogen-bond acceptors (Lipinski definition) is 2. The van der Waals surface area contributed by atoms with Crippen molar-refractivity contribution in [3.63, 3.8) is 0 Å². The molecule has 1 saturated heterocycles. The monoisotopic (exact) mass is 386 g/mol. The summed E-state index contributed by atoms with van der Waals surface area (Å²) in [7, 11) is 0. The van der Waals surface area contributed by atoms with Crippen molar-refractivity contribution in [3.05, 3.63) is 46.5 Å². The molecule has 0 bridgehead atoms. The molecule has 5 heteroatoms. The van der Waals surface area contributed by atoms with Crippen LogP contribution in [0.3, 0.4) is 0 Å². The van der Waals surface area contributed by atoms with Crippen LogP contribution in [0.25, 0.3) is 0 Å². The number of rotatable bonds is 5. The van der Waals surface area contributed by atoms with Crippen LogP contribution in [0, 0.1) is 5.92 Å². The summed E-state index contributed by atoms with van der Waals surface area (Å²) >= 11 is 5.97. The van der Waals surface area contributed by atoms with E-state index in [4.69, 9.17) is 11.6 Å². The van der Waals surface area contributed by atoms with E-state index in [0.29, 0.717) is 17.5 Å². The van der Waals surface area contributed by atoms with Crippen molar-refractivity contribution >= 4 is 23.4 Å². The van der Waals surface area contributed by atoms with Gasteiger partial charge < -0.3 is 10.2 Å². The number of nitrogens with zero attached hydrogens (tertiary/aromatic N) is 1. The summed E-state index contributed by atoms with van der Waals surface area (Å²) in [5.41, 5.74) is 1.67. The Morgan fingerprint density at radius 2 is 1.96 bits per heavy atom. The lowest BCUT2D eigenvalue weighted by atomic mass is 9.93. The van der Waals surface area contributed by atoms with Crippen LogP contribution in [-0.4, -0.2) is 36.3 Å². The quantitative estimate of drug-likeness (QED) is 0.835. The summed E-state index contributed by atoms with van der Waals surface area (Å²) in [5.74, 6) is 0.671. The average Bonchev–Trinajstić information content (AvgIpc) is 3.32. The minimum Gasteiger partial charge on any atom is -0.355 e. The van der Waals surface area contributed by atoms with Gasteiger partial charge in [0.1, 0.15) is 0 Å². The van der Waals surface area contributed by atoms with Crippen molar-refractivity contribution in [2.75, 3.05) is 19.6 Å². The Bertz CT molecular complexity index is 752. The van der Waals surface area contributed by atoms with Gasteiger partial charge in [-0.1, -0.05) is 29.8 Å². The number of likely N-dealkylation sites (tertiary alicyclic amines) is 1. The lowest BCUT2D eigenvalue weighted by Gasteiger charge is -2.33. The fourth-order valence-electron chi connectivity index (χ4n) is 4.43. The number of nitrogens with one attached hydrogen (secondary N) is 1. The largest absolute Gasteiger partial charge is 0.355 e. The maximum atomic E-state index is 12.8. The van der Waals surface area contributed by atoms with Gasteiger partial charge in [0, 0.05) is 30.2 Å². The van der Waals surface area contributed by atoms with Gasteiger partial charge in [-0.2, -0.15) is 0 Å². The third-order valence-corrected chi connectivity index (χ3v) is 6.51. The lowest BCUT2D eigenvalue weighted by Crippen LogP contribution is -2.45. The number of hydrogen-bond donors (Lipinski definition) is 1. The van der Waals surface area contributed by atoms with Gasteiger partial charge in [-0.3, -0.25) is 9.59 Å².